The number of carbonyl (C=O) groups excluding carboxylic acids is 1. The van der Waals surface area contributed by atoms with Gasteiger partial charge in [0.05, 0.1) is 28.0 Å². The van der Waals surface area contributed by atoms with Gasteiger partial charge in [-0.15, -0.1) is 16.4 Å². The minimum Gasteiger partial charge on any atom is -0.334 e. The number of hydrogen-bond acceptors (Lipinski definition) is 5. The first-order valence-corrected chi connectivity index (χ1v) is 13.2. The lowest BCUT2D eigenvalue weighted by molar-refractivity contribution is -0.110. The Balaban J connectivity index is 1.40. The topological polar surface area (TPSA) is 71.6 Å². The third kappa shape index (κ3) is 3.81. The van der Waals surface area contributed by atoms with E-state index in [-0.39, 0.29) is 5.91 Å². The average molecular weight is 512 g/mol. The molecule has 0 saturated heterocycles. The van der Waals surface area contributed by atoms with Gasteiger partial charge >= 0.3 is 0 Å². The Morgan fingerprint density at radius 3 is 2.58 bits per heavy atom. The summed E-state index contributed by atoms with van der Waals surface area (Å²) in [6.07, 6.45) is 1.63. The standard InChI is InChI=1S/C31H21N5OS/c37-31-28(23-12-4-6-13-25(23)34-31)35-32-18-21-17-24-22-11-5-7-14-26(22)36(19-20-9-2-1-3-10-20)30(24)29(33-21)27-15-8-16-38-27/h1-18H,19H2,(H,34,35,37)/b32-18+. The first kappa shape index (κ1) is 22.3. The minimum atomic E-state index is -0.255. The molecule has 1 amide bonds. The van der Waals surface area contributed by atoms with E-state index in [0.29, 0.717) is 11.4 Å². The van der Waals surface area contributed by atoms with E-state index in [9.17, 15) is 4.79 Å². The molecule has 3 aromatic heterocycles. The Bertz CT molecular complexity index is 1880. The molecule has 0 spiro atoms. The van der Waals surface area contributed by atoms with E-state index in [4.69, 9.17) is 4.98 Å². The maximum absolute atomic E-state index is 12.4. The van der Waals surface area contributed by atoms with E-state index in [0.717, 1.165) is 50.2 Å². The molecule has 0 bridgehead atoms. The highest BCUT2D eigenvalue weighted by Gasteiger charge is 2.25. The Morgan fingerprint density at radius 1 is 0.895 bits per heavy atom. The highest BCUT2D eigenvalue weighted by molar-refractivity contribution is 7.13. The molecular weight excluding hydrogens is 490 g/mol. The summed E-state index contributed by atoms with van der Waals surface area (Å²) in [5, 5.41) is 15.7. The summed E-state index contributed by atoms with van der Waals surface area (Å²) in [5.41, 5.74) is 6.85. The Hall–Kier alpha value is -4.88. The molecule has 182 valence electrons. The zero-order valence-corrected chi connectivity index (χ0v) is 21.0. The predicted molar refractivity (Wildman–Crippen MR) is 155 cm³/mol. The molecule has 0 radical (unpaired) electrons. The van der Waals surface area contributed by atoms with Gasteiger partial charge in [0.2, 0.25) is 0 Å². The van der Waals surface area contributed by atoms with Crippen LogP contribution in [0.15, 0.2) is 113 Å². The maximum Gasteiger partial charge on any atom is 0.276 e. The van der Waals surface area contributed by atoms with Gasteiger partial charge < -0.3 is 9.88 Å². The number of nitrogens with one attached hydrogen (secondary N) is 1. The average Bonchev–Trinajstić information content (AvgIpc) is 3.67. The molecule has 1 aliphatic rings. The number of nitrogens with zero attached hydrogens (tertiary/aromatic N) is 4. The third-order valence-corrected chi connectivity index (χ3v) is 7.58. The second-order valence-electron chi connectivity index (χ2n) is 9.05. The molecule has 3 aromatic carbocycles. The molecule has 0 unspecified atom stereocenters. The minimum absolute atomic E-state index is 0.255. The molecule has 6 nitrogen and oxygen atoms in total. The summed E-state index contributed by atoms with van der Waals surface area (Å²) in [4.78, 5) is 18.5. The highest BCUT2D eigenvalue weighted by Crippen LogP contribution is 2.37. The van der Waals surface area contributed by atoms with Crippen LogP contribution < -0.4 is 5.32 Å². The van der Waals surface area contributed by atoms with Crippen molar-refractivity contribution in [3.8, 4) is 10.6 Å². The van der Waals surface area contributed by atoms with Crippen molar-refractivity contribution < 1.29 is 4.79 Å². The van der Waals surface area contributed by atoms with Crippen LogP contribution in [0.3, 0.4) is 0 Å². The molecule has 38 heavy (non-hydrogen) atoms. The highest BCUT2D eigenvalue weighted by atomic mass is 32.1. The molecule has 0 fully saturated rings. The first-order chi connectivity index (χ1) is 18.8. The fraction of sp³-hybridized carbons (Fsp3) is 0.0323. The molecular formula is C31H21N5OS. The molecule has 7 rings (SSSR count). The lowest BCUT2D eigenvalue weighted by Gasteiger charge is -2.11. The van der Waals surface area contributed by atoms with Crippen LogP contribution in [0.1, 0.15) is 16.8 Å². The number of thiophene rings is 1. The first-order valence-electron chi connectivity index (χ1n) is 12.3. The van der Waals surface area contributed by atoms with Gasteiger partial charge in [-0.1, -0.05) is 72.8 Å². The largest absolute Gasteiger partial charge is 0.334 e. The van der Waals surface area contributed by atoms with Crippen molar-refractivity contribution in [2.75, 3.05) is 5.32 Å². The summed E-state index contributed by atoms with van der Waals surface area (Å²) in [5.74, 6) is -0.255. The smallest absolute Gasteiger partial charge is 0.276 e. The number of fused-ring (bicyclic) bond motifs is 4. The molecule has 4 heterocycles. The quantitative estimate of drug-likeness (QED) is 0.206. The van der Waals surface area contributed by atoms with E-state index >= 15 is 0 Å². The number of para-hydroxylation sites is 2. The van der Waals surface area contributed by atoms with Crippen molar-refractivity contribution in [3.63, 3.8) is 0 Å². The molecule has 0 atom stereocenters. The van der Waals surface area contributed by atoms with E-state index in [1.165, 1.54) is 5.56 Å². The number of amides is 1. The second kappa shape index (κ2) is 9.21. The van der Waals surface area contributed by atoms with Gasteiger partial charge in [-0.25, -0.2) is 4.98 Å². The van der Waals surface area contributed by atoms with Gasteiger partial charge in [-0.05, 0) is 35.2 Å². The SMILES string of the molecule is O=C1Nc2ccccc2C1=N/N=C/c1cc2c3ccccc3n(Cc3ccccc3)c2c(-c2cccs2)n1. The van der Waals surface area contributed by atoms with Crippen LogP contribution in [0, 0.1) is 0 Å². The molecule has 1 N–H and O–H groups in total. The normalized spacial score (nSPS) is 14.1. The summed E-state index contributed by atoms with van der Waals surface area (Å²) < 4.78 is 2.35. The zero-order chi connectivity index (χ0) is 25.5. The van der Waals surface area contributed by atoms with E-state index in [1.807, 2.05) is 36.4 Å². The summed E-state index contributed by atoms with van der Waals surface area (Å²) in [6, 6.07) is 32.6. The lowest BCUT2D eigenvalue weighted by atomic mass is 10.1. The van der Waals surface area contributed by atoms with Gasteiger partial charge in [-0.2, -0.15) is 5.10 Å². The number of benzene rings is 3. The summed E-state index contributed by atoms with van der Waals surface area (Å²) in [7, 11) is 0. The zero-order valence-electron chi connectivity index (χ0n) is 20.2. The van der Waals surface area contributed by atoms with Gasteiger partial charge in [0.1, 0.15) is 5.69 Å². The van der Waals surface area contributed by atoms with E-state index in [1.54, 1.807) is 17.6 Å². The predicted octanol–water partition coefficient (Wildman–Crippen LogP) is 6.74. The van der Waals surface area contributed by atoms with Crippen molar-refractivity contribution >= 4 is 56.7 Å². The summed E-state index contributed by atoms with van der Waals surface area (Å²) in [6.45, 7) is 0.737. The number of carbonyl (C=O) groups is 1. The van der Waals surface area contributed by atoms with Crippen molar-refractivity contribution in [3.05, 3.63) is 119 Å². The molecule has 0 saturated carbocycles. The number of anilines is 1. The van der Waals surface area contributed by atoms with Crippen molar-refractivity contribution in [1.82, 2.24) is 9.55 Å². The van der Waals surface area contributed by atoms with E-state index < -0.39 is 0 Å². The maximum atomic E-state index is 12.4. The Labute approximate surface area is 222 Å². The van der Waals surface area contributed by atoms with Crippen molar-refractivity contribution in [2.24, 2.45) is 10.2 Å². The van der Waals surface area contributed by atoms with Crippen molar-refractivity contribution in [1.29, 1.82) is 0 Å². The van der Waals surface area contributed by atoms with Gasteiger partial charge in [0.15, 0.2) is 5.71 Å². The Kier molecular flexibility index (Phi) is 5.41. The van der Waals surface area contributed by atoms with Crippen LogP contribution in [0.25, 0.3) is 32.4 Å². The van der Waals surface area contributed by atoms with Crippen LogP contribution in [0.5, 0.6) is 0 Å². The van der Waals surface area contributed by atoms with Gasteiger partial charge in [-0.3, -0.25) is 4.79 Å². The monoisotopic (exact) mass is 511 g/mol. The van der Waals surface area contributed by atoms with E-state index in [2.05, 4.69) is 86.1 Å². The molecule has 7 heteroatoms. The number of hydrogen-bond donors (Lipinski definition) is 1. The molecule has 0 aliphatic carbocycles. The van der Waals surface area contributed by atoms with Crippen LogP contribution in [-0.4, -0.2) is 27.4 Å². The van der Waals surface area contributed by atoms with Crippen molar-refractivity contribution in [2.45, 2.75) is 6.54 Å². The Morgan fingerprint density at radius 2 is 1.71 bits per heavy atom. The van der Waals surface area contributed by atoms with Crippen LogP contribution in [0.4, 0.5) is 5.69 Å². The fourth-order valence-electron chi connectivity index (χ4n) is 5.02. The number of pyridine rings is 1. The molecule has 1 aliphatic heterocycles. The van der Waals surface area contributed by atoms with Crippen LogP contribution in [-0.2, 0) is 11.3 Å². The number of rotatable bonds is 5. The van der Waals surface area contributed by atoms with Gasteiger partial charge in [0.25, 0.3) is 5.91 Å². The second-order valence-corrected chi connectivity index (χ2v) is 10.00. The van der Waals surface area contributed by atoms with Crippen LogP contribution in [0.2, 0.25) is 0 Å². The van der Waals surface area contributed by atoms with Crippen LogP contribution >= 0.6 is 11.3 Å². The molecule has 6 aromatic rings. The number of aromatic nitrogens is 2. The fourth-order valence-corrected chi connectivity index (χ4v) is 5.74. The van der Waals surface area contributed by atoms with Gasteiger partial charge in [0, 0.05) is 28.4 Å². The lowest BCUT2D eigenvalue weighted by Crippen LogP contribution is -2.13. The third-order valence-electron chi connectivity index (χ3n) is 6.70. The summed E-state index contributed by atoms with van der Waals surface area (Å²) >= 11 is 1.66.